The summed E-state index contributed by atoms with van der Waals surface area (Å²) in [5, 5.41) is 0. The summed E-state index contributed by atoms with van der Waals surface area (Å²) in [7, 11) is 3.35. The molecule has 1 aromatic carbocycles. The third-order valence-electron chi connectivity index (χ3n) is 3.13. The highest BCUT2D eigenvalue weighted by Gasteiger charge is 2.31. The highest BCUT2D eigenvalue weighted by atomic mass is 16.5. The van der Waals surface area contributed by atoms with Gasteiger partial charge in [0.25, 0.3) is 0 Å². The van der Waals surface area contributed by atoms with Crippen LogP contribution < -0.4 is 10.5 Å². The Kier molecular flexibility index (Phi) is 4.33. The first-order valence-corrected chi connectivity index (χ1v) is 5.45. The Balaban J connectivity index is 3.05. The smallest absolute Gasteiger partial charge is 0.123 e. The van der Waals surface area contributed by atoms with Crippen LogP contribution in [0.15, 0.2) is 24.3 Å². The molecule has 0 fully saturated rings. The molecule has 0 saturated carbocycles. The van der Waals surface area contributed by atoms with Crippen molar-refractivity contribution in [2.45, 2.75) is 19.4 Å². The molecule has 0 radical (unpaired) electrons. The van der Waals surface area contributed by atoms with Gasteiger partial charge in [-0.3, -0.25) is 0 Å². The number of hydrogen-bond donors (Lipinski definition) is 1. The molecule has 3 heteroatoms. The Hall–Kier alpha value is -1.06. The standard InChI is InChI=1S/C13H21NO2/c1-10(9-15-3)13(2,14)11-7-5-6-8-12(11)16-4/h5-8,10H,9,14H2,1-4H3. The molecule has 0 aliphatic heterocycles. The van der Waals surface area contributed by atoms with Crippen molar-refractivity contribution in [2.24, 2.45) is 11.7 Å². The largest absolute Gasteiger partial charge is 0.496 e. The van der Waals surface area contributed by atoms with Crippen molar-refractivity contribution in [1.29, 1.82) is 0 Å². The van der Waals surface area contributed by atoms with Gasteiger partial charge in [0.15, 0.2) is 0 Å². The van der Waals surface area contributed by atoms with Crippen LogP contribution in [-0.2, 0) is 10.3 Å². The summed E-state index contributed by atoms with van der Waals surface area (Å²) in [6.07, 6.45) is 0. The Morgan fingerprint density at radius 1 is 1.31 bits per heavy atom. The lowest BCUT2D eigenvalue weighted by Crippen LogP contribution is -2.42. The number of nitrogens with two attached hydrogens (primary N) is 1. The summed E-state index contributed by atoms with van der Waals surface area (Å²) in [4.78, 5) is 0. The second kappa shape index (κ2) is 5.32. The second-order valence-corrected chi connectivity index (χ2v) is 4.34. The monoisotopic (exact) mass is 223 g/mol. The Morgan fingerprint density at radius 3 is 2.50 bits per heavy atom. The molecule has 0 spiro atoms. The summed E-state index contributed by atoms with van der Waals surface area (Å²) in [6, 6.07) is 7.85. The summed E-state index contributed by atoms with van der Waals surface area (Å²) < 4.78 is 10.5. The van der Waals surface area contributed by atoms with Crippen LogP contribution in [-0.4, -0.2) is 20.8 Å². The molecular weight excluding hydrogens is 202 g/mol. The van der Waals surface area contributed by atoms with Gasteiger partial charge >= 0.3 is 0 Å². The van der Waals surface area contributed by atoms with Crippen LogP contribution in [0.4, 0.5) is 0 Å². The zero-order chi connectivity index (χ0) is 12.2. The van der Waals surface area contributed by atoms with Gasteiger partial charge in [-0.2, -0.15) is 0 Å². The fourth-order valence-electron chi connectivity index (χ4n) is 1.78. The lowest BCUT2D eigenvalue weighted by molar-refractivity contribution is 0.119. The van der Waals surface area contributed by atoms with E-state index in [2.05, 4.69) is 6.92 Å². The van der Waals surface area contributed by atoms with Crippen LogP contribution >= 0.6 is 0 Å². The molecule has 0 aliphatic rings. The maximum atomic E-state index is 6.38. The molecule has 0 bridgehead atoms. The Labute approximate surface area is 97.6 Å². The molecule has 0 heterocycles. The predicted octanol–water partition coefficient (Wildman–Crippen LogP) is 2.15. The zero-order valence-corrected chi connectivity index (χ0v) is 10.5. The predicted molar refractivity (Wildman–Crippen MR) is 65.6 cm³/mol. The minimum atomic E-state index is -0.456. The van der Waals surface area contributed by atoms with E-state index in [1.807, 2.05) is 31.2 Å². The van der Waals surface area contributed by atoms with Gasteiger partial charge in [-0.25, -0.2) is 0 Å². The average molecular weight is 223 g/mol. The van der Waals surface area contributed by atoms with Crippen molar-refractivity contribution in [3.8, 4) is 5.75 Å². The molecule has 1 rings (SSSR count). The number of rotatable bonds is 5. The molecule has 0 aliphatic carbocycles. The lowest BCUT2D eigenvalue weighted by atomic mass is 9.81. The van der Waals surface area contributed by atoms with Gasteiger partial charge in [-0.1, -0.05) is 25.1 Å². The Bertz CT molecular complexity index is 336. The van der Waals surface area contributed by atoms with E-state index in [1.165, 1.54) is 0 Å². The number of hydrogen-bond acceptors (Lipinski definition) is 3. The number of benzene rings is 1. The van der Waals surface area contributed by atoms with Gasteiger partial charge in [0.2, 0.25) is 0 Å². The van der Waals surface area contributed by atoms with Crippen LogP contribution in [0.3, 0.4) is 0 Å². The molecule has 2 atom stereocenters. The summed E-state index contributed by atoms with van der Waals surface area (Å²) in [5.74, 6) is 1.05. The van der Waals surface area contributed by atoms with E-state index in [4.69, 9.17) is 15.2 Å². The molecule has 3 nitrogen and oxygen atoms in total. The topological polar surface area (TPSA) is 44.5 Å². The van der Waals surface area contributed by atoms with Crippen molar-refractivity contribution >= 4 is 0 Å². The summed E-state index contributed by atoms with van der Waals surface area (Å²) in [5.41, 5.74) is 6.94. The van der Waals surface area contributed by atoms with E-state index in [0.29, 0.717) is 6.61 Å². The van der Waals surface area contributed by atoms with Gasteiger partial charge in [0.05, 0.1) is 13.7 Å². The Morgan fingerprint density at radius 2 is 1.94 bits per heavy atom. The van der Waals surface area contributed by atoms with Crippen LogP contribution in [0.2, 0.25) is 0 Å². The average Bonchev–Trinajstić information content (AvgIpc) is 2.29. The van der Waals surface area contributed by atoms with E-state index in [0.717, 1.165) is 11.3 Å². The van der Waals surface area contributed by atoms with E-state index in [9.17, 15) is 0 Å². The van der Waals surface area contributed by atoms with Crippen LogP contribution in [0.25, 0.3) is 0 Å². The number of ether oxygens (including phenoxy) is 2. The minimum absolute atomic E-state index is 0.216. The summed E-state index contributed by atoms with van der Waals surface area (Å²) in [6.45, 7) is 4.72. The maximum absolute atomic E-state index is 6.38. The van der Waals surface area contributed by atoms with Crippen LogP contribution in [0.5, 0.6) is 5.75 Å². The molecule has 2 unspecified atom stereocenters. The van der Waals surface area contributed by atoms with E-state index >= 15 is 0 Å². The summed E-state index contributed by atoms with van der Waals surface area (Å²) >= 11 is 0. The van der Waals surface area contributed by atoms with E-state index < -0.39 is 5.54 Å². The fourth-order valence-corrected chi connectivity index (χ4v) is 1.78. The number of methoxy groups -OCH3 is 2. The van der Waals surface area contributed by atoms with Crippen molar-refractivity contribution in [3.05, 3.63) is 29.8 Å². The molecular formula is C13H21NO2. The normalized spacial score (nSPS) is 16.6. The molecule has 90 valence electrons. The van der Waals surface area contributed by atoms with Crippen LogP contribution in [0, 0.1) is 5.92 Å². The van der Waals surface area contributed by atoms with Crippen molar-refractivity contribution in [3.63, 3.8) is 0 Å². The van der Waals surface area contributed by atoms with Gasteiger partial charge in [0.1, 0.15) is 5.75 Å². The van der Waals surface area contributed by atoms with E-state index in [1.54, 1.807) is 14.2 Å². The van der Waals surface area contributed by atoms with Gasteiger partial charge < -0.3 is 15.2 Å². The first kappa shape index (κ1) is 13.0. The molecule has 16 heavy (non-hydrogen) atoms. The third-order valence-corrected chi connectivity index (χ3v) is 3.13. The quantitative estimate of drug-likeness (QED) is 0.832. The van der Waals surface area contributed by atoms with Crippen molar-refractivity contribution in [2.75, 3.05) is 20.8 Å². The van der Waals surface area contributed by atoms with Crippen molar-refractivity contribution < 1.29 is 9.47 Å². The van der Waals surface area contributed by atoms with Gasteiger partial charge in [0, 0.05) is 24.1 Å². The fraction of sp³-hybridized carbons (Fsp3) is 0.538. The molecule has 0 saturated heterocycles. The highest BCUT2D eigenvalue weighted by Crippen LogP contribution is 2.33. The SMILES string of the molecule is COCC(C)C(C)(N)c1ccccc1OC. The highest BCUT2D eigenvalue weighted by molar-refractivity contribution is 5.38. The van der Waals surface area contributed by atoms with Gasteiger partial charge in [-0.05, 0) is 13.0 Å². The first-order valence-electron chi connectivity index (χ1n) is 5.45. The lowest BCUT2D eigenvalue weighted by Gasteiger charge is -2.32. The first-order chi connectivity index (χ1) is 7.54. The van der Waals surface area contributed by atoms with Crippen molar-refractivity contribution in [1.82, 2.24) is 0 Å². The minimum Gasteiger partial charge on any atom is -0.496 e. The molecule has 0 aromatic heterocycles. The maximum Gasteiger partial charge on any atom is 0.123 e. The van der Waals surface area contributed by atoms with Crippen LogP contribution in [0.1, 0.15) is 19.4 Å². The third kappa shape index (κ3) is 2.54. The zero-order valence-electron chi connectivity index (χ0n) is 10.5. The number of para-hydroxylation sites is 1. The molecule has 0 amide bonds. The second-order valence-electron chi connectivity index (χ2n) is 4.34. The molecule has 2 N–H and O–H groups in total. The molecule has 1 aromatic rings. The van der Waals surface area contributed by atoms with Gasteiger partial charge in [-0.15, -0.1) is 0 Å². The van der Waals surface area contributed by atoms with E-state index in [-0.39, 0.29) is 5.92 Å².